The molecule has 0 spiro atoms. The molecule has 1 heterocycles. The second kappa shape index (κ2) is 15.8. The summed E-state index contributed by atoms with van der Waals surface area (Å²) in [6.45, 7) is 3.90. The first-order chi connectivity index (χ1) is 19.3. The Bertz CT molecular complexity index is 1110. The Hall–Kier alpha value is -3.72. The molecule has 0 saturated carbocycles. The largest absolute Gasteiger partial charge is 0.480 e. The number of nitrogens with one attached hydrogen (secondary N) is 1. The zero-order valence-corrected chi connectivity index (χ0v) is 23.5. The zero-order chi connectivity index (χ0) is 28.9. The Morgan fingerprint density at radius 3 is 2.17 bits per heavy atom. The van der Waals surface area contributed by atoms with Gasteiger partial charge in [0.15, 0.2) is 6.04 Å². The summed E-state index contributed by atoms with van der Waals surface area (Å²) in [5, 5.41) is 12.8. The monoisotopic (exact) mass is 551 g/mol. The predicted octanol–water partition coefficient (Wildman–Crippen LogP) is 4.74. The fourth-order valence-corrected chi connectivity index (χ4v) is 4.84. The summed E-state index contributed by atoms with van der Waals surface area (Å²) in [6.07, 6.45) is 6.70. The van der Waals surface area contributed by atoms with Gasteiger partial charge in [0.25, 0.3) is 0 Å². The number of urea groups is 1. The minimum Gasteiger partial charge on any atom is -0.480 e. The number of carboxylic acids is 1. The molecule has 3 rings (SSSR count). The highest BCUT2D eigenvalue weighted by Crippen LogP contribution is 2.21. The lowest BCUT2D eigenvalue weighted by Crippen LogP contribution is -2.54. The lowest BCUT2D eigenvalue weighted by atomic mass is 10.0. The first-order valence-corrected chi connectivity index (χ1v) is 14.2. The van der Waals surface area contributed by atoms with E-state index in [4.69, 9.17) is 4.74 Å². The van der Waals surface area contributed by atoms with Crippen molar-refractivity contribution in [3.8, 4) is 0 Å². The molecule has 3 atom stereocenters. The Morgan fingerprint density at radius 1 is 0.950 bits per heavy atom. The fraction of sp³-hybridized carbons (Fsp3) is 0.484. The van der Waals surface area contributed by atoms with Gasteiger partial charge in [0, 0.05) is 6.54 Å². The Balaban J connectivity index is 1.67. The first kappa shape index (κ1) is 30.8. The molecule has 1 aliphatic heterocycles. The molecule has 3 unspecified atom stereocenters. The Morgan fingerprint density at radius 2 is 1.55 bits per heavy atom. The molecule has 9 nitrogen and oxygen atoms in total. The van der Waals surface area contributed by atoms with E-state index >= 15 is 0 Å². The summed E-state index contributed by atoms with van der Waals surface area (Å²) < 4.78 is 5.56. The van der Waals surface area contributed by atoms with Crippen LogP contribution in [0.25, 0.3) is 0 Å². The molecule has 2 N–H and O–H groups in total. The standard InChI is InChI=1S/C31H41N3O6/c1-3-4-5-6-7-14-19-26(30(38)40-22-25-17-12-9-13-18-25)32-23(2)28(35)34-27(29(36)37)21-33(31(34)39)20-24-15-10-8-11-16-24/h8-13,15-18,23,26-27,32H,3-7,14,19-22H2,1-2H3,(H,36,37). The van der Waals surface area contributed by atoms with Gasteiger partial charge in [0.05, 0.1) is 12.6 Å². The van der Waals surface area contributed by atoms with Crippen LogP contribution in [-0.2, 0) is 32.3 Å². The number of carboxylic acid groups (broad SMARTS) is 1. The van der Waals surface area contributed by atoms with Crippen LogP contribution in [0.1, 0.15) is 69.9 Å². The number of carbonyl (C=O) groups is 4. The van der Waals surface area contributed by atoms with Crippen molar-refractivity contribution in [1.29, 1.82) is 0 Å². The van der Waals surface area contributed by atoms with Gasteiger partial charge in [-0.05, 0) is 24.5 Å². The van der Waals surface area contributed by atoms with E-state index in [0.29, 0.717) is 6.42 Å². The number of imide groups is 1. The van der Waals surface area contributed by atoms with E-state index < -0.39 is 42.0 Å². The van der Waals surface area contributed by atoms with Crippen LogP contribution in [0.15, 0.2) is 60.7 Å². The van der Waals surface area contributed by atoms with Crippen LogP contribution in [0.3, 0.4) is 0 Å². The van der Waals surface area contributed by atoms with Gasteiger partial charge in [-0.2, -0.15) is 0 Å². The van der Waals surface area contributed by atoms with Crippen LogP contribution in [0.2, 0.25) is 0 Å². The summed E-state index contributed by atoms with van der Waals surface area (Å²) in [4.78, 5) is 53.9. The summed E-state index contributed by atoms with van der Waals surface area (Å²) >= 11 is 0. The average molecular weight is 552 g/mol. The van der Waals surface area contributed by atoms with E-state index in [1.54, 1.807) is 6.92 Å². The maximum atomic E-state index is 13.5. The number of hydrogen-bond acceptors (Lipinski definition) is 6. The molecular weight excluding hydrogens is 510 g/mol. The third kappa shape index (κ3) is 8.91. The van der Waals surface area contributed by atoms with E-state index in [1.807, 2.05) is 60.7 Å². The average Bonchev–Trinajstić information content (AvgIpc) is 3.29. The van der Waals surface area contributed by atoms with Crippen molar-refractivity contribution in [2.24, 2.45) is 0 Å². The number of aliphatic carboxylic acids is 1. The SMILES string of the molecule is CCCCCCCCC(NC(C)C(=O)N1C(=O)N(Cc2ccccc2)CC1C(=O)O)C(=O)OCc1ccccc1. The fourth-order valence-electron chi connectivity index (χ4n) is 4.84. The minimum atomic E-state index is -1.31. The molecule has 0 radical (unpaired) electrons. The molecule has 9 heteroatoms. The Kier molecular flexibility index (Phi) is 12.1. The molecule has 216 valence electrons. The van der Waals surface area contributed by atoms with Gasteiger partial charge >= 0.3 is 18.0 Å². The molecule has 0 aromatic heterocycles. The number of benzene rings is 2. The number of amides is 3. The molecule has 2 aromatic carbocycles. The topological polar surface area (TPSA) is 116 Å². The van der Waals surface area contributed by atoms with E-state index in [-0.39, 0.29) is 19.7 Å². The van der Waals surface area contributed by atoms with Crippen molar-refractivity contribution in [1.82, 2.24) is 15.1 Å². The molecule has 1 fully saturated rings. The molecule has 0 bridgehead atoms. The van der Waals surface area contributed by atoms with Crippen LogP contribution < -0.4 is 5.32 Å². The summed E-state index contributed by atoms with van der Waals surface area (Å²) in [5.41, 5.74) is 1.68. The van der Waals surface area contributed by atoms with Crippen molar-refractivity contribution in [3.05, 3.63) is 71.8 Å². The molecule has 0 aliphatic carbocycles. The number of hydrogen-bond donors (Lipinski definition) is 2. The van der Waals surface area contributed by atoms with Crippen molar-refractivity contribution >= 4 is 23.9 Å². The number of esters is 1. The molecule has 3 amide bonds. The number of rotatable bonds is 16. The van der Waals surface area contributed by atoms with Gasteiger partial charge in [-0.1, -0.05) is 106 Å². The van der Waals surface area contributed by atoms with E-state index in [0.717, 1.165) is 48.1 Å². The summed E-state index contributed by atoms with van der Waals surface area (Å²) in [7, 11) is 0. The van der Waals surface area contributed by atoms with Gasteiger partial charge in [-0.25, -0.2) is 14.5 Å². The molecule has 1 saturated heterocycles. The molecule has 2 aromatic rings. The third-order valence-corrected chi connectivity index (χ3v) is 7.10. The maximum absolute atomic E-state index is 13.5. The van der Waals surface area contributed by atoms with Gasteiger partial charge in [-0.15, -0.1) is 0 Å². The van der Waals surface area contributed by atoms with Gasteiger partial charge in [0.1, 0.15) is 12.6 Å². The van der Waals surface area contributed by atoms with E-state index in [9.17, 15) is 24.3 Å². The van der Waals surface area contributed by atoms with Crippen molar-refractivity contribution in [3.63, 3.8) is 0 Å². The third-order valence-electron chi connectivity index (χ3n) is 7.10. The summed E-state index contributed by atoms with van der Waals surface area (Å²) in [6, 6.07) is 14.8. The van der Waals surface area contributed by atoms with Crippen molar-refractivity contribution < 1.29 is 29.0 Å². The highest BCUT2D eigenvalue weighted by atomic mass is 16.5. The maximum Gasteiger partial charge on any atom is 0.328 e. The highest BCUT2D eigenvalue weighted by molar-refractivity contribution is 6.02. The van der Waals surface area contributed by atoms with Crippen LogP contribution in [0.5, 0.6) is 0 Å². The van der Waals surface area contributed by atoms with Crippen molar-refractivity contribution in [2.45, 2.75) is 90.1 Å². The number of ether oxygens (including phenoxy) is 1. The first-order valence-electron chi connectivity index (χ1n) is 14.2. The Labute approximate surface area is 236 Å². The normalized spacial score (nSPS) is 16.6. The van der Waals surface area contributed by atoms with E-state index in [2.05, 4.69) is 12.2 Å². The van der Waals surface area contributed by atoms with Gasteiger partial charge in [0.2, 0.25) is 5.91 Å². The second-order valence-corrected chi connectivity index (χ2v) is 10.3. The predicted molar refractivity (Wildman–Crippen MR) is 151 cm³/mol. The lowest BCUT2D eigenvalue weighted by molar-refractivity contribution is -0.149. The van der Waals surface area contributed by atoms with Crippen LogP contribution in [0, 0.1) is 0 Å². The smallest absolute Gasteiger partial charge is 0.328 e. The number of carbonyl (C=O) groups excluding carboxylic acids is 3. The van der Waals surface area contributed by atoms with Crippen LogP contribution in [0.4, 0.5) is 4.79 Å². The zero-order valence-electron chi connectivity index (χ0n) is 23.5. The lowest BCUT2D eigenvalue weighted by Gasteiger charge is -2.26. The quantitative estimate of drug-likeness (QED) is 0.229. The number of unbranched alkanes of at least 4 members (excludes halogenated alkanes) is 5. The van der Waals surface area contributed by atoms with Crippen LogP contribution in [-0.4, -0.2) is 63.5 Å². The second-order valence-electron chi connectivity index (χ2n) is 10.3. The van der Waals surface area contributed by atoms with Crippen molar-refractivity contribution in [2.75, 3.05) is 6.54 Å². The molecule has 40 heavy (non-hydrogen) atoms. The minimum absolute atomic E-state index is 0.108. The number of nitrogens with zero attached hydrogens (tertiary/aromatic N) is 2. The van der Waals surface area contributed by atoms with Gasteiger partial charge in [-0.3, -0.25) is 14.9 Å². The van der Waals surface area contributed by atoms with Gasteiger partial charge < -0.3 is 14.7 Å². The van der Waals surface area contributed by atoms with E-state index in [1.165, 1.54) is 11.3 Å². The molecule has 1 aliphatic rings. The molecular formula is C31H41N3O6. The summed E-state index contributed by atoms with van der Waals surface area (Å²) in [5.74, 6) is -2.42. The van der Waals surface area contributed by atoms with Crippen LogP contribution >= 0.6 is 0 Å². The highest BCUT2D eigenvalue weighted by Gasteiger charge is 2.46.